The van der Waals surface area contributed by atoms with Crippen LogP contribution in [0.15, 0.2) is 48.5 Å². The highest BCUT2D eigenvalue weighted by Gasteiger charge is 2.07. The van der Waals surface area contributed by atoms with Crippen LogP contribution in [0.4, 0.5) is 10.1 Å². The van der Waals surface area contributed by atoms with Crippen LogP contribution in [-0.4, -0.2) is 24.4 Å². The summed E-state index contributed by atoms with van der Waals surface area (Å²) in [5.41, 5.74) is 1.23. The Bertz CT molecular complexity index is 545. The molecule has 0 radical (unpaired) electrons. The third kappa shape index (κ3) is 3.96. The molecule has 2 N–H and O–H groups in total. The highest BCUT2D eigenvalue weighted by molar-refractivity contribution is 5.50. The van der Waals surface area contributed by atoms with Crippen molar-refractivity contribution < 1.29 is 14.2 Å². The van der Waals surface area contributed by atoms with Crippen LogP contribution in [0.2, 0.25) is 0 Å². The number of halogens is 1. The fourth-order valence-corrected chi connectivity index (χ4v) is 1.79. The summed E-state index contributed by atoms with van der Waals surface area (Å²) in [6.45, 7) is 2.19. The van der Waals surface area contributed by atoms with Crippen LogP contribution >= 0.6 is 0 Å². The van der Waals surface area contributed by atoms with E-state index in [9.17, 15) is 9.50 Å². The maximum absolute atomic E-state index is 13.3. The molecule has 0 saturated carbocycles. The third-order valence-corrected chi connectivity index (χ3v) is 2.98. The van der Waals surface area contributed by atoms with Crippen LogP contribution in [0.25, 0.3) is 0 Å². The summed E-state index contributed by atoms with van der Waals surface area (Å²) in [6.07, 6.45) is -0.669. The first-order valence-electron chi connectivity index (χ1n) is 6.51. The molecule has 4 heteroatoms. The van der Waals surface area contributed by atoms with Crippen molar-refractivity contribution in [3.8, 4) is 5.75 Å². The van der Waals surface area contributed by atoms with E-state index in [1.807, 2.05) is 30.3 Å². The predicted molar refractivity (Wildman–Crippen MR) is 77.6 cm³/mol. The van der Waals surface area contributed by atoms with E-state index in [2.05, 4.69) is 5.32 Å². The molecule has 0 aliphatic rings. The number of hydrogen-bond acceptors (Lipinski definition) is 3. The summed E-state index contributed by atoms with van der Waals surface area (Å²) >= 11 is 0. The van der Waals surface area contributed by atoms with Gasteiger partial charge in [0.1, 0.15) is 24.3 Å². The lowest BCUT2D eigenvalue weighted by Gasteiger charge is -2.15. The zero-order valence-corrected chi connectivity index (χ0v) is 11.3. The van der Waals surface area contributed by atoms with Crippen molar-refractivity contribution in [2.24, 2.45) is 0 Å². The number of para-hydroxylation sites is 1. The van der Waals surface area contributed by atoms with Crippen molar-refractivity contribution >= 4 is 5.69 Å². The van der Waals surface area contributed by atoms with Crippen LogP contribution in [0, 0.1) is 12.7 Å². The van der Waals surface area contributed by atoms with E-state index >= 15 is 0 Å². The molecule has 0 aliphatic heterocycles. The Morgan fingerprint density at radius 1 is 1.15 bits per heavy atom. The number of ether oxygens (including phenoxy) is 1. The maximum atomic E-state index is 13.3. The molecule has 1 unspecified atom stereocenters. The summed E-state index contributed by atoms with van der Waals surface area (Å²) in [5, 5.41) is 12.9. The number of aliphatic hydroxyl groups is 1. The molecule has 0 aliphatic carbocycles. The van der Waals surface area contributed by atoms with Crippen LogP contribution in [0.3, 0.4) is 0 Å². The molecule has 2 aromatic carbocycles. The van der Waals surface area contributed by atoms with Gasteiger partial charge in [-0.3, -0.25) is 0 Å². The molecule has 2 aromatic rings. The molecule has 1 atom stereocenters. The molecule has 0 spiro atoms. The van der Waals surface area contributed by atoms with E-state index in [4.69, 9.17) is 4.74 Å². The van der Waals surface area contributed by atoms with E-state index in [1.54, 1.807) is 19.1 Å². The topological polar surface area (TPSA) is 41.5 Å². The van der Waals surface area contributed by atoms with Gasteiger partial charge in [0.05, 0.1) is 0 Å². The number of aliphatic hydroxyl groups excluding tert-OH is 1. The van der Waals surface area contributed by atoms with E-state index < -0.39 is 6.10 Å². The number of hydrogen-bond donors (Lipinski definition) is 2. The highest BCUT2D eigenvalue weighted by atomic mass is 19.1. The van der Waals surface area contributed by atoms with Gasteiger partial charge in [0.2, 0.25) is 0 Å². The molecule has 20 heavy (non-hydrogen) atoms. The van der Waals surface area contributed by atoms with E-state index in [0.29, 0.717) is 23.5 Å². The minimum absolute atomic E-state index is 0.186. The maximum Gasteiger partial charge on any atom is 0.128 e. The zero-order valence-electron chi connectivity index (χ0n) is 11.3. The van der Waals surface area contributed by atoms with Gasteiger partial charge >= 0.3 is 0 Å². The fraction of sp³-hybridized carbons (Fsp3) is 0.250. The average Bonchev–Trinajstić information content (AvgIpc) is 2.48. The summed E-state index contributed by atoms with van der Waals surface area (Å²) in [4.78, 5) is 0. The molecule has 0 saturated heterocycles. The van der Waals surface area contributed by atoms with E-state index in [0.717, 1.165) is 0 Å². The van der Waals surface area contributed by atoms with Crippen molar-refractivity contribution in [3.05, 3.63) is 59.9 Å². The van der Waals surface area contributed by atoms with E-state index in [1.165, 1.54) is 6.07 Å². The first kappa shape index (κ1) is 14.3. The quantitative estimate of drug-likeness (QED) is 0.851. The Morgan fingerprint density at radius 3 is 2.65 bits per heavy atom. The van der Waals surface area contributed by atoms with Gasteiger partial charge in [-0.05, 0) is 31.2 Å². The number of anilines is 1. The first-order chi connectivity index (χ1) is 9.66. The van der Waals surface area contributed by atoms with Crippen LogP contribution in [-0.2, 0) is 0 Å². The van der Waals surface area contributed by atoms with Crippen molar-refractivity contribution in [2.45, 2.75) is 13.0 Å². The smallest absolute Gasteiger partial charge is 0.128 e. The zero-order chi connectivity index (χ0) is 14.4. The van der Waals surface area contributed by atoms with Gasteiger partial charge in [-0.2, -0.15) is 0 Å². The molecule has 0 heterocycles. The third-order valence-electron chi connectivity index (χ3n) is 2.98. The number of benzene rings is 2. The van der Waals surface area contributed by atoms with Gasteiger partial charge in [0.15, 0.2) is 0 Å². The minimum atomic E-state index is -0.669. The molecule has 0 bridgehead atoms. The molecular weight excluding hydrogens is 257 g/mol. The van der Waals surface area contributed by atoms with Gasteiger partial charge < -0.3 is 15.2 Å². The van der Waals surface area contributed by atoms with Gasteiger partial charge in [-0.1, -0.05) is 24.3 Å². The second-order valence-corrected chi connectivity index (χ2v) is 4.57. The Labute approximate surface area is 118 Å². The molecule has 0 aromatic heterocycles. The molecule has 0 amide bonds. The van der Waals surface area contributed by atoms with Gasteiger partial charge in [0.25, 0.3) is 0 Å². The monoisotopic (exact) mass is 275 g/mol. The summed E-state index contributed by atoms with van der Waals surface area (Å²) in [6, 6.07) is 14.1. The second kappa shape index (κ2) is 6.91. The fourth-order valence-electron chi connectivity index (χ4n) is 1.79. The lowest BCUT2D eigenvalue weighted by molar-refractivity contribution is 0.117. The van der Waals surface area contributed by atoms with Crippen molar-refractivity contribution in [1.29, 1.82) is 0 Å². The van der Waals surface area contributed by atoms with Crippen LogP contribution in [0.1, 0.15) is 5.56 Å². The molecular formula is C16H18FNO2. The normalized spacial score (nSPS) is 11.9. The van der Waals surface area contributed by atoms with E-state index in [-0.39, 0.29) is 12.4 Å². The van der Waals surface area contributed by atoms with Gasteiger partial charge in [0, 0.05) is 17.8 Å². The Morgan fingerprint density at radius 2 is 1.90 bits per heavy atom. The SMILES string of the molecule is Cc1c(F)cccc1NCC(O)COc1ccccc1. The standard InChI is InChI=1S/C16H18FNO2/c1-12-15(17)8-5-9-16(12)18-10-13(19)11-20-14-6-3-2-4-7-14/h2-9,13,18-19H,10-11H2,1H3. The van der Waals surface area contributed by atoms with Crippen molar-refractivity contribution in [3.63, 3.8) is 0 Å². The largest absolute Gasteiger partial charge is 0.491 e. The average molecular weight is 275 g/mol. The van der Waals surface area contributed by atoms with Crippen LogP contribution < -0.4 is 10.1 Å². The lowest BCUT2D eigenvalue weighted by Crippen LogP contribution is -2.26. The Kier molecular flexibility index (Phi) is 4.96. The molecule has 3 nitrogen and oxygen atoms in total. The number of nitrogens with one attached hydrogen (secondary N) is 1. The molecule has 106 valence electrons. The summed E-state index contributed by atoms with van der Waals surface area (Å²) < 4.78 is 18.8. The second-order valence-electron chi connectivity index (χ2n) is 4.57. The lowest BCUT2D eigenvalue weighted by atomic mass is 10.2. The predicted octanol–water partition coefficient (Wildman–Crippen LogP) is 2.99. The Balaban J connectivity index is 1.80. The first-order valence-corrected chi connectivity index (χ1v) is 6.51. The highest BCUT2D eigenvalue weighted by Crippen LogP contribution is 2.17. The van der Waals surface area contributed by atoms with Gasteiger partial charge in [-0.25, -0.2) is 4.39 Å². The van der Waals surface area contributed by atoms with Crippen LogP contribution in [0.5, 0.6) is 5.75 Å². The van der Waals surface area contributed by atoms with Crippen molar-refractivity contribution in [2.75, 3.05) is 18.5 Å². The Hall–Kier alpha value is -2.07. The van der Waals surface area contributed by atoms with Gasteiger partial charge in [-0.15, -0.1) is 0 Å². The summed E-state index contributed by atoms with van der Waals surface area (Å²) in [5.74, 6) is 0.457. The van der Waals surface area contributed by atoms with Crippen molar-refractivity contribution in [1.82, 2.24) is 0 Å². The molecule has 2 rings (SSSR count). The minimum Gasteiger partial charge on any atom is -0.491 e. The number of rotatable bonds is 6. The molecule has 0 fully saturated rings. The summed E-state index contributed by atoms with van der Waals surface area (Å²) in [7, 11) is 0.